The molecule has 0 aromatic heterocycles. The van der Waals surface area contributed by atoms with Crippen molar-refractivity contribution in [3.63, 3.8) is 0 Å². The van der Waals surface area contributed by atoms with E-state index < -0.39 is 35.0 Å². The maximum atomic E-state index is 13.7. The van der Waals surface area contributed by atoms with Gasteiger partial charge in [-0.05, 0) is 36.8 Å². The van der Waals surface area contributed by atoms with E-state index >= 15 is 0 Å². The van der Waals surface area contributed by atoms with Gasteiger partial charge in [-0.15, -0.1) is 0 Å². The predicted molar refractivity (Wildman–Crippen MR) is 69.6 cm³/mol. The van der Waals surface area contributed by atoms with Crippen LogP contribution in [-0.2, 0) is 4.79 Å². The molecule has 0 radical (unpaired) electrons. The second kappa shape index (κ2) is 5.09. The number of hydrogen-bond donors (Lipinski definition) is 1. The third-order valence-corrected chi connectivity index (χ3v) is 4.37. The van der Waals surface area contributed by atoms with Gasteiger partial charge in [-0.25, -0.2) is 8.78 Å². The second-order valence-corrected chi connectivity index (χ2v) is 5.75. The molecule has 112 valence electrons. The average Bonchev–Trinajstić information content (AvgIpc) is 3.16. The van der Waals surface area contributed by atoms with Crippen LogP contribution >= 0.6 is 0 Å². The van der Waals surface area contributed by atoms with E-state index in [4.69, 9.17) is 0 Å². The molecule has 1 aromatic rings. The molecule has 1 saturated carbocycles. The number of likely N-dealkylation sites (tertiary alicyclic amines) is 1. The summed E-state index contributed by atoms with van der Waals surface area (Å²) in [5.74, 6) is -3.98. The number of hydrogen-bond acceptors (Lipinski definition) is 2. The SMILES string of the molecule is O=C(O)[C@H]1CN(C(=O)c2c(F)cccc2F)C[C@@H]1C1CC1. The summed E-state index contributed by atoms with van der Waals surface area (Å²) in [4.78, 5) is 24.9. The zero-order valence-corrected chi connectivity index (χ0v) is 11.3. The predicted octanol–water partition coefficient (Wildman–Crippen LogP) is 2.15. The van der Waals surface area contributed by atoms with Gasteiger partial charge in [0.2, 0.25) is 0 Å². The molecule has 2 aliphatic rings. The van der Waals surface area contributed by atoms with Gasteiger partial charge in [-0.1, -0.05) is 6.07 Å². The second-order valence-electron chi connectivity index (χ2n) is 5.75. The summed E-state index contributed by atoms with van der Waals surface area (Å²) >= 11 is 0. The molecule has 1 saturated heterocycles. The van der Waals surface area contributed by atoms with Gasteiger partial charge in [-0.3, -0.25) is 9.59 Å². The van der Waals surface area contributed by atoms with Crippen LogP contribution in [0, 0.1) is 29.4 Å². The summed E-state index contributed by atoms with van der Waals surface area (Å²) in [5.41, 5.74) is -0.599. The minimum absolute atomic E-state index is 0.0170. The van der Waals surface area contributed by atoms with Gasteiger partial charge in [0.1, 0.15) is 17.2 Å². The molecule has 0 unspecified atom stereocenters. The number of aliphatic carboxylic acids is 1. The Morgan fingerprint density at radius 2 is 1.76 bits per heavy atom. The molecule has 1 aliphatic heterocycles. The van der Waals surface area contributed by atoms with Crippen LogP contribution in [0.25, 0.3) is 0 Å². The van der Waals surface area contributed by atoms with Crippen molar-refractivity contribution in [1.82, 2.24) is 4.90 Å². The molecule has 4 nitrogen and oxygen atoms in total. The van der Waals surface area contributed by atoms with Crippen LogP contribution in [0.15, 0.2) is 18.2 Å². The first-order valence-electron chi connectivity index (χ1n) is 6.95. The van der Waals surface area contributed by atoms with E-state index in [-0.39, 0.29) is 19.0 Å². The lowest BCUT2D eigenvalue weighted by molar-refractivity contribution is -0.142. The highest BCUT2D eigenvalue weighted by molar-refractivity contribution is 5.95. The highest BCUT2D eigenvalue weighted by atomic mass is 19.1. The smallest absolute Gasteiger partial charge is 0.308 e. The first-order valence-corrected chi connectivity index (χ1v) is 6.95. The summed E-state index contributed by atoms with van der Waals surface area (Å²) < 4.78 is 27.3. The molecule has 3 rings (SSSR count). The van der Waals surface area contributed by atoms with Crippen LogP contribution in [0.3, 0.4) is 0 Å². The quantitative estimate of drug-likeness (QED) is 0.929. The molecule has 0 spiro atoms. The molecule has 2 atom stereocenters. The Hall–Kier alpha value is -1.98. The van der Waals surface area contributed by atoms with Crippen molar-refractivity contribution in [2.24, 2.45) is 17.8 Å². The number of nitrogens with zero attached hydrogens (tertiary/aromatic N) is 1. The molecule has 1 aromatic carbocycles. The van der Waals surface area contributed by atoms with Crippen LogP contribution in [0.1, 0.15) is 23.2 Å². The van der Waals surface area contributed by atoms with E-state index in [2.05, 4.69) is 0 Å². The monoisotopic (exact) mass is 295 g/mol. The average molecular weight is 295 g/mol. The van der Waals surface area contributed by atoms with Gasteiger partial charge in [0.15, 0.2) is 0 Å². The van der Waals surface area contributed by atoms with Gasteiger partial charge in [0.25, 0.3) is 5.91 Å². The largest absolute Gasteiger partial charge is 0.481 e. The molecule has 1 amide bonds. The molecule has 1 aliphatic carbocycles. The molecular weight excluding hydrogens is 280 g/mol. The Kier molecular flexibility index (Phi) is 3.39. The minimum Gasteiger partial charge on any atom is -0.481 e. The Balaban J connectivity index is 1.84. The van der Waals surface area contributed by atoms with E-state index in [0.717, 1.165) is 25.0 Å². The summed E-state index contributed by atoms with van der Waals surface area (Å²) in [5, 5.41) is 9.25. The first kappa shape index (κ1) is 14.0. The summed E-state index contributed by atoms with van der Waals surface area (Å²) in [6.07, 6.45) is 1.93. The number of carboxylic acid groups (broad SMARTS) is 1. The molecule has 0 bridgehead atoms. The van der Waals surface area contributed by atoms with Crippen molar-refractivity contribution in [3.05, 3.63) is 35.4 Å². The minimum atomic E-state index is -0.948. The van der Waals surface area contributed by atoms with E-state index in [1.165, 1.54) is 11.0 Å². The topological polar surface area (TPSA) is 57.6 Å². The summed E-state index contributed by atoms with van der Waals surface area (Å²) in [6, 6.07) is 3.25. The van der Waals surface area contributed by atoms with Crippen LogP contribution in [-0.4, -0.2) is 35.0 Å². The maximum Gasteiger partial charge on any atom is 0.308 e. The normalized spacial score (nSPS) is 25.1. The number of halogens is 2. The van der Waals surface area contributed by atoms with Crippen LogP contribution < -0.4 is 0 Å². The van der Waals surface area contributed by atoms with Crippen molar-refractivity contribution in [2.45, 2.75) is 12.8 Å². The first-order chi connectivity index (χ1) is 9.99. The molecule has 2 fully saturated rings. The summed E-state index contributed by atoms with van der Waals surface area (Å²) in [7, 11) is 0. The lowest BCUT2D eigenvalue weighted by atomic mass is 9.92. The number of carbonyl (C=O) groups excluding carboxylic acids is 1. The molecule has 1 N–H and O–H groups in total. The van der Waals surface area contributed by atoms with Gasteiger partial charge in [0, 0.05) is 13.1 Å². The number of amides is 1. The van der Waals surface area contributed by atoms with Gasteiger partial charge >= 0.3 is 5.97 Å². The lowest BCUT2D eigenvalue weighted by Crippen LogP contribution is -2.31. The highest BCUT2D eigenvalue weighted by Crippen LogP contribution is 2.44. The van der Waals surface area contributed by atoms with Crippen LogP contribution in [0.5, 0.6) is 0 Å². The number of rotatable bonds is 3. The molecular formula is C15H15F2NO3. The highest BCUT2D eigenvalue weighted by Gasteiger charge is 2.47. The van der Waals surface area contributed by atoms with E-state index in [0.29, 0.717) is 5.92 Å². The fourth-order valence-corrected chi connectivity index (χ4v) is 3.12. The van der Waals surface area contributed by atoms with Gasteiger partial charge in [0.05, 0.1) is 5.92 Å². The van der Waals surface area contributed by atoms with Crippen molar-refractivity contribution in [1.29, 1.82) is 0 Å². The summed E-state index contributed by atoms with van der Waals surface area (Å²) in [6.45, 7) is 0.275. The van der Waals surface area contributed by atoms with Gasteiger partial charge < -0.3 is 10.0 Å². The number of benzene rings is 1. The number of carbonyl (C=O) groups is 2. The van der Waals surface area contributed by atoms with E-state index in [9.17, 15) is 23.5 Å². The fourth-order valence-electron chi connectivity index (χ4n) is 3.12. The number of carboxylic acids is 1. The van der Waals surface area contributed by atoms with Crippen molar-refractivity contribution >= 4 is 11.9 Å². The van der Waals surface area contributed by atoms with E-state index in [1.54, 1.807) is 0 Å². The van der Waals surface area contributed by atoms with Gasteiger partial charge in [-0.2, -0.15) is 0 Å². The standard InChI is InChI=1S/C15H15F2NO3/c16-11-2-1-3-12(17)13(11)14(19)18-6-9(8-4-5-8)10(7-18)15(20)21/h1-3,8-10H,4-7H2,(H,20,21)/t9-,10+/m1/s1. The fraction of sp³-hybridized carbons (Fsp3) is 0.467. The molecule has 21 heavy (non-hydrogen) atoms. The Bertz CT molecular complexity index is 580. The van der Waals surface area contributed by atoms with Crippen LogP contribution in [0.4, 0.5) is 8.78 Å². The molecule has 1 heterocycles. The maximum absolute atomic E-state index is 13.7. The van der Waals surface area contributed by atoms with Crippen LogP contribution in [0.2, 0.25) is 0 Å². The zero-order chi connectivity index (χ0) is 15.1. The lowest BCUT2D eigenvalue weighted by Gasteiger charge is -2.17. The Morgan fingerprint density at radius 1 is 1.14 bits per heavy atom. The Labute approximate surface area is 120 Å². The van der Waals surface area contributed by atoms with Crippen molar-refractivity contribution < 1.29 is 23.5 Å². The van der Waals surface area contributed by atoms with Crippen molar-refractivity contribution in [2.75, 3.05) is 13.1 Å². The third-order valence-electron chi connectivity index (χ3n) is 4.37. The third kappa shape index (κ3) is 2.50. The zero-order valence-electron chi connectivity index (χ0n) is 11.3. The van der Waals surface area contributed by atoms with Crippen molar-refractivity contribution in [3.8, 4) is 0 Å². The Morgan fingerprint density at radius 3 is 2.29 bits per heavy atom. The van der Waals surface area contributed by atoms with E-state index in [1.807, 2.05) is 0 Å². The molecule has 6 heteroatoms.